The summed E-state index contributed by atoms with van der Waals surface area (Å²) in [5.41, 5.74) is 0. The van der Waals surface area contributed by atoms with Crippen molar-refractivity contribution in [3.8, 4) is 0 Å². The van der Waals surface area contributed by atoms with Crippen LogP contribution in [0.25, 0.3) is 0 Å². The molecule has 1 aliphatic heterocycles. The van der Waals surface area contributed by atoms with Gasteiger partial charge < -0.3 is 4.90 Å². The summed E-state index contributed by atoms with van der Waals surface area (Å²) in [7, 11) is 0. The topological polar surface area (TPSA) is 32.3 Å². The molecule has 3 nitrogen and oxygen atoms in total. The molecule has 0 aliphatic carbocycles. The molecule has 0 aromatic carbocycles. The van der Waals surface area contributed by atoms with Crippen LogP contribution in [0.4, 0.5) is 0 Å². The van der Waals surface area contributed by atoms with E-state index in [0.29, 0.717) is 5.92 Å². The van der Waals surface area contributed by atoms with Crippen LogP contribution < -0.4 is 5.32 Å². The summed E-state index contributed by atoms with van der Waals surface area (Å²) in [5, 5.41) is 3.48. The molecule has 1 fully saturated rings. The highest BCUT2D eigenvalue weighted by Crippen LogP contribution is 2.31. The fourth-order valence-electron chi connectivity index (χ4n) is 2.44. The Kier molecular flexibility index (Phi) is 4.63. The van der Waals surface area contributed by atoms with Crippen LogP contribution in [0, 0.1) is 12.8 Å². The molecule has 4 heteroatoms. The van der Waals surface area contributed by atoms with Crippen molar-refractivity contribution >= 4 is 17.2 Å². The molecule has 0 radical (unpaired) electrons. The first-order valence-corrected chi connectivity index (χ1v) is 7.97. The number of rotatable bonds is 5. The molecule has 1 saturated heterocycles. The molecule has 106 valence electrons. The summed E-state index contributed by atoms with van der Waals surface area (Å²) in [5.74, 6) is 0.887. The number of aryl methyl sites for hydroxylation is 1. The summed E-state index contributed by atoms with van der Waals surface area (Å²) in [6.07, 6.45) is 2.00. The molecule has 2 atom stereocenters. The Labute approximate surface area is 120 Å². The highest BCUT2D eigenvalue weighted by molar-refractivity contribution is 7.12. The Balaban J connectivity index is 2.16. The average Bonchev–Trinajstić information content (AvgIpc) is 2.91. The van der Waals surface area contributed by atoms with Gasteiger partial charge in [0.25, 0.3) is 0 Å². The smallest absolute Gasteiger partial charge is 0.241 e. The van der Waals surface area contributed by atoms with Gasteiger partial charge >= 0.3 is 0 Å². The number of nitrogens with one attached hydrogen (secondary N) is 1. The summed E-state index contributed by atoms with van der Waals surface area (Å²) >= 11 is 1.78. The monoisotopic (exact) mass is 280 g/mol. The molecule has 1 amide bonds. The first-order chi connectivity index (χ1) is 9.02. The van der Waals surface area contributed by atoms with Gasteiger partial charge in [0.15, 0.2) is 0 Å². The Morgan fingerprint density at radius 1 is 1.42 bits per heavy atom. The molecule has 19 heavy (non-hydrogen) atoms. The molecule has 2 heterocycles. The molecule has 2 rings (SSSR count). The molecule has 1 aromatic rings. The van der Waals surface area contributed by atoms with E-state index in [1.54, 1.807) is 11.3 Å². The van der Waals surface area contributed by atoms with Gasteiger partial charge in [0.05, 0.1) is 6.04 Å². The van der Waals surface area contributed by atoms with Crippen LogP contribution in [-0.2, 0) is 4.79 Å². The molecule has 2 unspecified atom stereocenters. The number of amides is 1. The third kappa shape index (κ3) is 3.18. The number of nitrogens with zero attached hydrogens (tertiary/aromatic N) is 1. The number of carbonyl (C=O) groups is 1. The SMILES string of the molecule is CCC1NC(c2ccc(C)s2)N(CCC(C)C)C1=O. The average molecular weight is 280 g/mol. The van der Waals surface area contributed by atoms with E-state index in [2.05, 4.69) is 45.1 Å². The summed E-state index contributed by atoms with van der Waals surface area (Å²) < 4.78 is 0. The Morgan fingerprint density at radius 3 is 2.68 bits per heavy atom. The summed E-state index contributed by atoms with van der Waals surface area (Å²) in [6.45, 7) is 9.44. The third-order valence-electron chi connectivity index (χ3n) is 3.64. The van der Waals surface area contributed by atoms with Gasteiger partial charge in [-0.2, -0.15) is 0 Å². The zero-order valence-electron chi connectivity index (χ0n) is 12.3. The first-order valence-electron chi connectivity index (χ1n) is 7.15. The van der Waals surface area contributed by atoms with Crippen LogP contribution in [0.15, 0.2) is 12.1 Å². The maximum atomic E-state index is 12.4. The van der Waals surface area contributed by atoms with E-state index in [9.17, 15) is 4.79 Å². The van der Waals surface area contributed by atoms with E-state index in [4.69, 9.17) is 0 Å². The van der Waals surface area contributed by atoms with Gasteiger partial charge in [0, 0.05) is 16.3 Å². The van der Waals surface area contributed by atoms with Crippen LogP contribution in [0.3, 0.4) is 0 Å². The Morgan fingerprint density at radius 2 is 2.16 bits per heavy atom. The van der Waals surface area contributed by atoms with Gasteiger partial charge in [-0.1, -0.05) is 20.8 Å². The molecular formula is C15H24N2OS. The highest BCUT2D eigenvalue weighted by Gasteiger charge is 2.38. The lowest BCUT2D eigenvalue weighted by atomic mass is 10.1. The zero-order valence-corrected chi connectivity index (χ0v) is 13.1. The molecular weight excluding hydrogens is 256 g/mol. The minimum atomic E-state index is -0.0143. The van der Waals surface area contributed by atoms with Crippen molar-refractivity contribution in [1.82, 2.24) is 10.2 Å². The van der Waals surface area contributed by atoms with E-state index < -0.39 is 0 Å². The second-order valence-corrected chi connectivity index (χ2v) is 7.01. The minimum absolute atomic E-state index is 0.0143. The van der Waals surface area contributed by atoms with Crippen LogP contribution in [0.1, 0.15) is 49.5 Å². The largest absolute Gasteiger partial charge is 0.321 e. The normalized spacial score (nSPS) is 23.6. The minimum Gasteiger partial charge on any atom is -0.321 e. The lowest BCUT2D eigenvalue weighted by Crippen LogP contribution is -2.32. The zero-order chi connectivity index (χ0) is 14.0. The van der Waals surface area contributed by atoms with Gasteiger partial charge in [-0.3, -0.25) is 10.1 Å². The summed E-state index contributed by atoms with van der Waals surface area (Å²) in [4.78, 5) is 17.0. The molecule has 0 saturated carbocycles. The Bertz CT molecular complexity index is 441. The van der Waals surface area contributed by atoms with Gasteiger partial charge in [0.1, 0.15) is 6.17 Å². The molecule has 1 aliphatic rings. The van der Waals surface area contributed by atoms with Crippen molar-refractivity contribution in [2.75, 3.05) is 6.54 Å². The van der Waals surface area contributed by atoms with E-state index in [1.807, 2.05) is 4.90 Å². The highest BCUT2D eigenvalue weighted by atomic mass is 32.1. The fourth-order valence-corrected chi connectivity index (χ4v) is 3.40. The molecule has 0 spiro atoms. The van der Waals surface area contributed by atoms with Gasteiger partial charge in [-0.15, -0.1) is 11.3 Å². The van der Waals surface area contributed by atoms with Gasteiger partial charge in [-0.05, 0) is 37.8 Å². The van der Waals surface area contributed by atoms with Crippen LogP contribution in [-0.4, -0.2) is 23.4 Å². The fraction of sp³-hybridized carbons (Fsp3) is 0.667. The van der Waals surface area contributed by atoms with Crippen molar-refractivity contribution < 1.29 is 4.79 Å². The second kappa shape index (κ2) is 6.06. The van der Waals surface area contributed by atoms with Crippen LogP contribution in [0.2, 0.25) is 0 Å². The van der Waals surface area contributed by atoms with E-state index in [-0.39, 0.29) is 18.1 Å². The standard InChI is InChI=1S/C15H24N2OS/c1-5-12-15(18)17(9-8-10(2)3)14(16-12)13-7-6-11(4)19-13/h6-7,10,12,14,16H,5,8-9H2,1-4H3. The maximum absolute atomic E-state index is 12.4. The van der Waals surface area contributed by atoms with Crippen molar-refractivity contribution in [2.24, 2.45) is 5.92 Å². The number of carbonyl (C=O) groups excluding carboxylic acids is 1. The Hall–Kier alpha value is -0.870. The number of thiophene rings is 1. The first kappa shape index (κ1) is 14.5. The van der Waals surface area contributed by atoms with Crippen molar-refractivity contribution in [3.63, 3.8) is 0 Å². The molecule has 0 bridgehead atoms. The van der Waals surface area contributed by atoms with E-state index in [1.165, 1.54) is 9.75 Å². The van der Waals surface area contributed by atoms with Crippen LogP contribution in [0.5, 0.6) is 0 Å². The third-order valence-corrected chi connectivity index (χ3v) is 4.69. The number of hydrogen-bond donors (Lipinski definition) is 1. The lowest BCUT2D eigenvalue weighted by Gasteiger charge is -2.24. The van der Waals surface area contributed by atoms with Crippen LogP contribution >= 0.6 is 11.3 Å². The lowest BCUT2D eigenvalue weighted by molar-refractivity contribution is -0.130. The molecule has 1 aromatic heterocycles. The van der Waals surface area contributed by atoms with Gasteiger partial charge in [-0.25, -0.2) is 0 Å². The predicted molar refractivity (Wildman–Crippen MR) is 80.2 cm³/mol. The van der Waals surface area contributed by atoms with E-state index in [0.717, 1.165) is 19.4 Å². The second-order valence-electron chi connectivity index (χ2n) is 5.69. The van der Waals surface area contributed by atoms with Gasteiger partial charge in [0.2, 0.25) is 5.91 Å². The summed E-state index contributed by atoms with van der Waals surface area (Å²) in [6, 6.07) is 4.26. The van der Waals surface area contributed by atoms with E-state index >= 15 is 0 Å². The quantitative estimate of drug-likeness (QED) is 0.897. The predicted octanol–water partition coefficient (Wildman–Crippen LogP) is 3.31. The van der Waals surface area contributed by atoms with Crippen molar-refractivity contribution in [2.45, 2.75) is 52.7 Å². The molecule has 1 N–H and O–H groups in total. The van der Waals surface area contributed by atoms with Crippen molar-refractivity contribution in [3.05, 3.63) is 21.9 Å². The maximum Gasteiger partial charge on any atom is 0.241 e. The van der Waals surface area contributed by atoms with Crippen molar-refractivity contribution in [1.29, 1.82) is 0 Å². The number of hydrogen-bond acceptors (Lipinski definition) is 3.